The van der Waals surface area contributed by atoms with Crippen LogP contribution in [0.15, 0.2) is 102 Å². The molecule has 1 aromatic heterocycles. The molecule has 49 heavy (non-hydrogen) atoms. The van der Waals surface area contributed by atoms with Gasteiger partial charge in [-0.05, 0) is 72.3 Å². The summed E-state index contributed by atoms with van der Waals surface area (Å²) in [6.45, 7) is 1.72. The normalized spacial score (nSPS) is 12.7. The quantitative estimate of drug-likeness (QED) is 0.0614. The summed E-state index contributed by atoms with van der Waals surface area (Å²) in [6.07, 6.45) is 0.568. The van der Waals surface area contributed by atoms with Gasteiger partial charge in [0.15, 0.2) is 17.6 Å². The van der Waals surface area contributed by atoms with Crippen LogP contribution in [0.5, 0.6) is 5.75 Å². The zero-order valence-electron chi connectivity index (χ0n) is 25.4. The van der Waals surface area contributed by atoms with Crippen LogP contribution in [-0.2, 0) is 11.3 Å². The number of amides is 2. The summed E-state index contributed by atoms with van der Waals surface area (Å²) in [5, 5.41) is 18.3. The van der Waals surface area contributed by atoms with E-state index in [0.717, 1.165) is 16.2 Å². The minimum absolute atomic E-state index is 0.00268. The maximum absolute atomic E-state index is 15.0. The van der Waals surface area contributed by atoms with Crippen LogP contribution < -0.4 is 20.7 Å². The van der Waals surface area contributed by atoms with Crippen molar-refractivity contribution in [3.63, 3.8) is 0 Å². The van der Waals surface area contributed by atoms with Crippen LogP contribution >= 0.6 is 23.4 Å². The van der Waals surface area contributed by atoms with E-state index in [2.05, 4.69) is 16.0 Å². The van der Waals surface area contributed by atoms with E-state index in [1.807, 2.05) is 6.07 Å². The van der Waals surface area contributed by atoms with Gasteiger partial charge in [-0.3, -0.25) is 14.7 Å². The third kappa shape index (κ3) is 9.10. The number of benzene rings is 4. The fraction of sp³-hybridized carbons (Fsp3) is 0.147. The van der Waals surface area contributed by atoms with Crippen LogP contribution in [0.4, 0.5) is 33.7 Å². The number of anilines is 2. The number of fused-ring (bicyclic) bond motifs is 1. The zero-order chi connectivity index (χ0) is 35.3. The summed E-state index contributed by atoms with van der Waals surface area (Å²) in [5.41, 5.74) is -2.66. The van der Waals surface area contributed by atoms with Gasteiger partial charge in [-0.1, -0.05) is 54.1 Å². The molecular formula is C34H27ClF4N4O5S. The van der Waals surface area contributed by atoms with Crippen molar-refractivity contribution in [1.82, 2.24) is 9.88 Å². The van der Waals surface area contributed by atoms with Crippen molar-refractivity contribution in [2.75, 3.05) is 10.6 Å². The maximum atomic E-state index is 15.0. The summed E-state index contributed by atoms with van der Waals surface area (Å²) in [7, 11) is 0. The van der Waals surface area contributed by atoms with Gasteiger partial charge in [0.25, 0.3) is 5.91 Å². The number of aliphatic carboxylic acids is 1. The summed E-state index contributed by atoms with van der Waals surface area (Å²) >= 11 is 5.94. The van der Waals surface area contributed by atoms with Crippen molar-refractivity contribution >= 4 is 63.5 Å². The van der Waals surface area contributed by atoms with E-state index < -0.39 is 41.4 Å². The molecule has 0 aliphatic rings. The molecule has 0 aliphatic heterocycles. The number of nitrogens with zero attached hydrogens (tertiary/aromatic N) is 1. The number of halogens is 5. The van der Waals surface area contributed by atoms with Crippen LogP contribution in [0.2, 0.25) is 5.02 Å². The summed E-state index contributed by atoms with van der Waals surface area (Å²) in [5.74, 6) is -3.18. The molecule has 15 heteroatoms. The molecular weight excluding hydrogens is 688 g/mol. The molecule has 0 radical (unpaired) electrons. The average molecular weight is 715 g/mol. The van der Waals surface area contributed by atoms with Crippen molar-refractivity contribution in [2.45, 2.75) is 36.0 Å². The molecule has 2 unspecified atom stereocenters. The molecule has 0 bridgehead atoms. The van der Waals surface area contributed by atoms with E-state index in [-0.39, 0.29) is 45.8 Å². The largest absolute Gasteiger partial charge is 0.483 e. The van der Waals surface area contributed by atoms with E-state index in [4.69, 9.17) is 16.3 Å². The molecule has 0 aliphatic carbocycles. The van der Waals surface area contributed by atoms with Gasteiger partial charge in [-0.15, -0.1) is 0 Å². The second-order valence-electron chi connectivity index (χ2n) is 10.7. The van der Waals surface area contributed by atoms with Crippen LogP contribution in [0.1, 0.15) is 28.9 Å². The number of carboxylic acid groups (broad SMARTS) is 1. The third-order valence-electron chi connectivity index (χ3n) is 7.18. The number of hydrogen-bond donors (Lipinski definition) is 4. The minimum atomic E-state index is -4.42. The summed E-state index contributed by atoms with van der Waals surface area (Å²) in [4.78, 5) is 38.5. The van der Waals surface area contributed by atoms with Crippen LogP contribution in [0.3, 0.4) is 0 Å². The van der Waals surface area contributed by atoms with Gasteiger partial charge in [0.2, 0.25) is 0 Å². The van der Waals surface area contributed by atoms with Gasteiger partial charge in [0, 0.05) is 39.8 Å². The van der Waals surface area contributed by atoms with Crippen LogP contribution in [0.25, 0.3) is 10.9 Å². The second kappa shape index (κ2) is 15.0. The highest BCUT2D eigenvalue weighted by atomic mass is 35.5. The number of rotatable bonds is 11. The lowest BCUT2D eigenvalue weighted by atomic mass is 10.1. The Bertz CT molecular complexity index is 1990. The number of hydrogen-bond acceptors (Lipinski definition) is 6. The molecule has 4 N–H and O–H groups in total. The number of aromatic nitrogens is 1. The Morgan fingerprint density at radius 1 is 0.959 bits per heavy atom. The van der Waals surface area contributed by atoms with E-state index in [0.29, 0.717) is 16.0 Å². The first-order valence-electron chi connectivity index (χ1n) is 14.5. The molecule has 1 heterocycles. The van der Waals surface area contributed by atoms with Gasteiger partial charge < -0.3 is 20.5 Å². The van der Waals surface area contributed by atoms with Crippen molar-refractivity contribution < 1.29 is 41.8 Å². The molecule has 4 aromatic carbocycles. The fourth-order valence-electron chi connectivity index (χ4n) is 4.88. The molecule has 5 aromatic rings. The predicted molar refractivity (Wildman–Crippen MR) is 179 cm³/mol. The van der Waals surface area contributed by atoms with Gasteiger partial charge in [0.05, 0.1) is 11.2 Å². The Labute approximate surface area is 286 Å². The van der Waals surface area contributed by atoms with Gasteiger partial charge in [0.1, 0.15) is 6.10 Å². The highest BCUT2D eigenvalue weighted by Gasteiger charge is 2.30. The lowest BCUT2D eigenvalue weighted by Crippen LogP contribution is -2.45. The Balaban J connectivity index is 1.27. The Kier molecular flexibility index (Phi) is 10.8. The highest BCUT2D eigenvalue weighted by Crippen LogP contribution is 2.37. The smallest absolute Gasteiger partial charge is 0.446 e. The van der Waals surface area contributed by atoms with Gasteiger partial charge in [-0.25, -0.2) is 14.0 Å². The molecule has 5 rings (SSSR count). The lowest BCUT2D eigenvalue weighted by molar-refractivity contribution is -0.138. The SMILES string of the molecule is CC(Oc1ccc(NC(=O)Nc2cn(C(=O)C(NCc3ccccc3)C(=O)O)c3ccc(Cl)cc23)cc1F)c1ccc(SC(F)(F)F)cc1. The molecule has 9 nitrogen and oxygen atoms in total. The molecule has 0 spiro atoms. The first kappa shape index (κ1) is 35.3. The Hall–Kier alpha value is -5.05. The molecule has 2 atom stereocenters. The fourth-order valence-corrected chi connectivity index (χ4v) is 5.59. The highest BCUT2D eigenvalue weighted by molar-refractivity contribution is 8.00. The lowest BCUT2D eigenvalue weighted by Gasteiger charge is -2.17. The predicted octanol–water partition coefficient (Wildman–Crippen LogP) is 8.71. The first-order chi connectivity index (χ1) is 23.3. The average Bonchev–Trinajstić information content (AvgIpc) is 3.39. The minimum Gasteiger partial charge on any atom is -0.483 e. The van der Waals surface area contributed by atoms with Gasteiger partial charge >= 0.3 is 17.5 Å². The molecule has 0 saturated heterocycles. The Morgan fingerprint density at radius 2 is 1.67 bits per heavy atom. The number of carbonyl (C=O) groups is 3. The van der Waals surface area contributed by atoms with Crippen molar-refractivity contribution in [2.24, 2.45) is 0 Å². The zero-order valence-corrected chi connectivity index (χ0v) is 27.0. The van der Waals surface area contributed by atoms with E-state index in [1.54, 1.807) is 31.2 Å². The number of ether oxygens (including phenoxy) is 1. The number of urea groups is 1. The van der Waals surface area contributed by atoms with Crippen molar-refractivity contribution in [1.29, 1.82) is 0 Å². The molecule has 254 valence electrons. The summed E-state index contributed by atoms with van der Waals surface area (Å²) in [6, 6.07) is 20.2. The third-order valence-corrected chi connectivity index (χ3v) is 8.15. The second-order valence-corrected chi connectivity index (χ2v) is 12.2. The topological polar surface area (TPSA) is 122 Å². The van der Waals surface area contributed by atoms with Crippen LogP contribution in [0, 0.1) is 5.82 Å². The van der Waals surface area contributed by atoms with Crippen molar-refractivity contribution in [3.8, 4) is 5.75 Å². The number of carboxylic acids is 1. The standard InChI is InChI=1S/C34H27ClF4N4O5S/c1-19(21-7-11-24(12-8-21)49-34(37,38)39)48-29-14-10-23(16-26(29)36)41-33(47)42-27-18-43(28-13-9-22(35)15-25(27)28)31(44)30(32(45)46)40-17-20-5-3-2-4-6-20/h2-16,18-19,30,40H,17H2,1H3,(H,45,46)(H2,41,42,47). The molecule has 0 fully saturated rings. The Morgan fingerprint density at radius 3 is 2.33 bits per heavy atom. The first-order valence-corrected chi connectivity index (χ1v) is 15.7. The summed E-state index contributed by atoms with van der Waals surface area (Å²) < 4.78 is 59.6. The van der Waals surface area contributed by atoms with Gasteiger partial charge in [-0.2, -0.15) is 13.2 Å². The van der Waals surface area contributed by atoms with E-state index in [1.165, 1.54) is 60.8 Å². The molecule has 2 amide bonds. The number of nitrogens with one attached hydrogen (secondary N) is 3. The van der Waals surface area contributed by atoms with Crippen LogP contribution in [-0.4, -0.2) is 39.1 Å². The van der Waals surface area contributed by atoms with Crippen molar-refractivity contribution in [3.05, 3.63) is 119 Å². The number of alkyl halides is 3. The number of carbonyl (C=O) groups excluding carboxylic acids is 2. The maximum Gasteiger partial charge on any atom is 0.446 e. The monoisotopic (exact) mass is 714 g/mol. The number of thioether (sulfide) groups is 1. The van der Waals surface area contributed by atoms with E-state index >= 15 is 0 Å². The molecule has 0 saturated carbocycles. The van der Waals surface area contributed by atoms with E-state index in [9.17, 15) is 37.1 Å².